The number of carbonyl (C=O) groups excluding carboxylic acids is 2. The molecule has 36 heavy (non-hydrogen) atoms. The van der Waals surface area contributed by atoms with Crippen LogP contribution in [-0.2, 0) is 11.3 Å². The highest BCUT2D eigenvalue weighted by Gasteiger charge is 2.33. The van der Waals surface area contributed by atoms with E-state index < -0.39 is 5.97 Å². The minimum Gasteiger partial charge on any atom is -0.481 e. The second kappa shape index (κ2) is 12.3. The Hall–Kier alpha value is -3.00. The van der Waals surface area contributed by atoms with E-state index in [4.69, 9.17) is 5.11 Å². The SMILES string of the molecule is CC(C)(C)C1CCC(N(Cc2ccc(C(=O)NCCC(=O)O)cc2)C(=O)Nc2ccc(S)cc2)CC1. The van der Waals surface area contributed by atoms with Gasteiger partial charge in [0.05, 0.1) is 6.42 Å². The van der Waals surface area contributed by atoms with Crippen LogP contribution >= 0.6 is 12.6 Å². The Balaban J connectivity index is 1.71. The molecule has 3 N–H and O–H groups in total. The zero-order chi connectivity index (χ0) is 26.3. The van der Waals surface area contributed by atoms with Gasteiger partial charge in [-0.25, -0.2) is 4.79 Å². The maximum atomic E-state index is 13.4. The number of nitrogens with zero attached hydrogens (tertiary/aromatic N) is 1. The Morgan fingerprint density at radius 2 is 1.58 bits per heavy atom. The number of anilines is 1. The van der Waals surface area contributed by atoms with Gasteiger partial charge in [-0.3, -0.25) is 9.59 Å². The van der Waals surface area contributed by atoms with Crippen LogP contribution in [0.3, 0.4) is 0 Å². The van der Waals surface area contributed by atoms with Crippen molar-refractivity contribution in [3.8, 4) is 0 Å². The molecule has 0 saturated heterocycles. The number of rotatable bonds is 8. The number of benzene rings is 2. The molecule has 0 aromatic heterocycles. The monoisotopic (exact) mass is 511 g/mol. The fourth-order valence-electron chi connectivity index (χ4n) is 4.70. The van der Waals surface area contributed by atoms with Gasteiger partial charge in [0.1, 0.15) is 0 Å². The lowest BCUT2D eigenvalue weighted by Gasteiger charge is -2.41. The number of nitrogens with one attached hydrogen (secondary N) is 2. The minimum atomic E-state index is -0.956. The highest BCUT2D eigenvalue weighted by Crippen LogP contribution is 2.39. The van der Waals surface area contributed by atoms with Crippen molar-refractivity contribution in [3.63, 3.8) is 0 Å². The Kier molecular flexibility index (Phi) is 9.43. The fourth-order valence-corrected chi connectivity index (χ4v) is 4.85. The largest absolute Gasteiger partial charge is 0.481 e. The average Bonchev–Trinajstić information content (AvgIpc) is 2.83. The van der Waals surface area contributed by atoms with Gasteiger partial charge in [-0.1, -0.05) is 32.9 Å². The first-order valence-electron chi connectivity index (χ1n) is 12.5. The van der Waals surface area contributed by atoms with E-state index in [0.29, 0.717) is 18.0 Å². The Morgan fingerprint density at radius 1 is 0.972 bits per heavy atom. The zero-order valence-electron chi connectivity index (χ0n) is 21.3. The molecule has 0 spiro atoms. The molecule has 8 heteroatoms. The van der Waals surface area contributed by atoms with Crippen molar-refractivity contribution in [1.82, 2.24) is 10.2 Å². The van der Waals surface area contributed by atoms with E-state index in [1.165, 1.54) is 0 Å². The van der Waals surface area contributed by atoms with Crippen molar-refractivity contribution in [3.05, 3.63) is 59.7 Å². The van der Waals surface area contributed by atoms with E-state index in [1.54, 1.807) is 12.1 Å². The minimum absolute atomic E-state index is 0.0787. The molecule has 0 bridgehead atoms. The fraction of sp³-hybridized carbons (Fsp3) is 0.464. The molecule has 1 saturated carbocycles. The molecule has 1 aliphatic rings. The van der Waals surface area contributed by atoms with Gasteiger partial charge < -0.3 is 20.6 Å². The molecule has 194 valence electrons. The van der Waals surface area contributed by atoms with Gasteiger partial charge in [0.25, 0.3) is 5.91 Å². The summed E-state index contributed by atoms with van der Waals surface area (Å²) < 4.78 is 0. The smallest absolute Gasteiger partial charge is 0.322 e. The number of carboxylic acids is 1. The summed E-state index contributed by atoms with van der Waals surface area (Å²) in [6, 6.07) is 14.5. The van der Waals surface area contributed by atoms with E-state index in [2.05, 4.69) is 44.0 Å². The first-order valence-corrected chi connectivity index (χ1v) is 12.9. The third kappa shape index (κ3) is 8.01. The van der Waals surface area contributed by atoms with Crippen LogP contribution in [0.5, 0.6) is 0 Å². The Labute approximate surface area is 219 Å². The van der Waals surface area contributed by atoms with Crippen LogP contribution in [0.4, 0.5) is 10.5 Å². The van der Waals surface area contributed by atoms with Crippen molar-refractivity contribution in [2.24, 2.45) is 11.3 Å². The van der Waals surface area contributed by atoms with Crippen molar-refractivity contribution in [2.45, 2.75) is 70.4 Å². The molecular formula is C28H37N3O4S. The Morgan fingerprint density at radius 3 is 2.14 bits per heavy atom. The number of thiol groups is 1. The van der Waals surface area contributed by atoms with Gasteiger partial charge in [-0.15, -0.1) is 12.6 Å². The quantitative estimate of drug-likeness (QED) is 0.336. The van der Waals surface area contributed by atoms with Crippen molar-refractivity contribution < 1.29 is 19.5 Å². The van der Waals surface area contributed by atoms with Crippen LogP contribution in [0, 0.1) is 11.3 Å². The first-order chi connectivity index (χ1) is 17.0. The third-order valence-corrected chi connectivity index (χ3v) is 7.23. The predicted octanol–water partition coefficient (Wildman–Crippen LogP) is 5.82. The maximum Gasteiger partial charge on any atom is 0.322 e. The predicted molar refractivity (Wildman–Crippen MR) is 144 cm³/mol. The van der Waals surface area contributed by atoms with Crippen LogP contribution in [0.1, 0.15) is 68.8 Å². The molecule has 0 aliphatic heterocycles. The third-order valence-electron chi connectivity index (χ3n) is 6.94. The van der Waals surface area contributed by atoms with E-state index >= 15 is 0 Å². The molecule has 2 aromatic carbocycles. The molecule has 0 radical (unpaired) electrons. The standard InChI is InChI=1S/C28H37N3O4S/c1-28(2,3)21-8-12-23(13-9-21)31(27(35)30-22-10-14-24(36)15-11-22)18-19-4-6-20(7-5-19)26(34)29-17-16-25(32)33/h4-7,10-11,14-15,21,23,36H,8-9,12-13,16-18H2,1-3H3,(H,29,34)(H,30,35)(H,32,33). The molecule has 0 atom stereocenters. The van der Waals surface area contributed by atoms with Crippen LogP contribution in [0.2, 0.25) is 0 Å². The summed E-state index contributed by atoms with van der Waals surface area (Å²) in [7, 11) is 0. The summed E-state index contributed by atoms with van der Waals surface area (Å²) in [5.41, 5.74) is 2.36. The summed E-state index contributed by atoms with van der Waals surface area (Å²) in [6.45, 7) is 7.37. The van der Waals surface area contributed by atoms with Crippen molar-refractivity contribution >= 4 is 36.2 Å². The molecule has 3 rings (SSSR count). The number of amides is 3. The van der Waals surface area contributed by atoms with Crippen LogP contribution in [0.25, 0.3) is 0 Å². The molecule has 7 nitrogen and oxygen atoms in total. The highest BCUT2D eigenvalue weighted by atomic mass is 32.1. The van der Waals surface area contributed by atoms with Gasteiger partial charge in [0.15, 0.2) is 0 Å². The number of hydrogen-bond donors (Lipinski definition) is 4. The van der Waals surface area contributed by atoms with Crippen molar-refractivity contribution in [1.29, 1.82) is 0 Å². The summed E-state index contributed by atoms with van der Waals surface area (Å²) in [4.78, 5) is 39.1. The van der Waals surface area contributed by atoms with E-state index in [-0.39, 0.29) is 36.4 Å². The summed E-state index contributed by atoms with van der Waals surface area (Å²) in [5.74, 6) is -0.631. The molecule has 3 amide bonds. The lowest BCUT2D eigenvalue weighted by molar-refractivity contribution is -0.136. The number of aliphatic carboxylic acids is 1. The van der Waals surface area contributed by atoms with E-state index in [9.17, 15) is 14.4 Å². The van der Waals surface area contributed by atoms with Crippen LogP contribution < -0.4 is 10.6 Å². The average molecular weight is 512 g/mol. The van der Waals surface area contributed by atoms with Crippen LogP contribution in [0.15, 0.2) is 53.4 Å². The molecule has 2 aromatic rings. The number of carbonyl (C=O) groups is 3. The normalized spacial score (nSPS) is 17.8. The summed E-state index contributed by atoms with van der Waals surface area (Å²) in [5, 5.41) is 14.4. The number of urea groups is 1. The van der Waals surface area contributed by atoms with Gasteiger partial charge >= 0.3 is 12.0 Å². The summed E-state index contributed by atoms with van der Waals surface area (Å²) >= 11 is 4.32. The molecule has 0 heterocycles. The van der Waals surface area contributed by atoms with Gasteiger partial charge in [0.2, 0.25) is 0 Å². The van der Waals surface area contributed by atoms with E-state index in [0.717, 1.165) is 41.8 Å². The van der Waals surface area contributed by atoms with Crippen LogP contribution in [-0.4, -0.2) is 40.5 Å². The number of carboxylic acid groups (broad SMARTS) is 1. The molecule has 0 unspecified atom stereocenters. The molecular weight excluding hydrogens is 474 g/mol. The molecule has 1 fully saturated rings. The van der Waals surface area contributed by atoms with Gasteiger partial charge in [0, 0.05) is 35.3 Å². The zero-order valence-corrected chi connectivity index (χ0v) is 22.2. The number of hydrogen-bond acceptors (Lipinski definition) is 4. The molecule has 1 aliphatic carbocycles. The second-order valence-corrected chi connectivity index (χ2v) is 11.1. The first kappa shape index (κ1) is 27.6. The lowest BCUT2D eigenvalue weighted by atomic mass is 9.71. The topological polar surface area (TPSA) is 98.7 Å². The highest BCUT2D eigenvalue weighted by molar-refractivity contribution is 7.80. The second-order valence-electron chi connectivity index (χ2n) is 10.6. The van der Waals surface area contributed by atoms with Crippen molar-refractivity contribution in [2.75, 3.05) is 11.9 Å². The van der Waals surface area contributed by atoms with E-state index in [1.807, 2.05) is 41.3 Å². The van der Waals surface area contributed by atoms with Gasteiger partial charge in [-0.05, 0) is 79.0 Å². The maximum absolute atomic E-state index is 13.4. The van der Waals surface area contributed by atoms with Gasteiger partial charge in [-0.2, -0.15) is 0 Å². The Bertz CT molecular complexity index is 1040. The summed E-state index contributed by atoms with van der Waals surface area (Å²) in [6.07, 6.45) is 3.95. The lowest BCUT2D eigenvalue weighted by Crippen LogP contribution is -2.45.